The van der Waals surface area contributed by atoms with Crippen molar-refractivity contribution < 1.29 is 22.3 Å². The van der Waals surface area contributed by atoms with Gasteiger partial charge >= 0.3 is 0 Å². The number of sulfonamides is 1. The summed E-state index contributed by atoms with van der Waals surface area (Å²) in [6, 6.07) is 9.17. The first-order valence-corrected chi connectivity index (χ1v) is 9.48. The lowest BCUT2D eigenvalue weighted by molar-refractivity contribution is -0.111. The van der Waals surface area contributed by atoms with Crippen molar-refractivity contribution in [1.82, 2.24) is 0 Å². The Bertz CT molecular complexity index is 956. The van der Waals surface area contributed by atoms with E-state index in [1.165, 1.54) is 25.3 Å². The van der Waals surface area contributed by atoms with Crippen molar-refractivity contribution >= 4 is 33.4 Å². The lowest BCUT2D eigenvalue weighted by atomic mass is 10.1. The van der Waals surface area contributed by atoms with Gasteiger partial charge in [-0.3, -0.25) is 9.52 Å². The van der Waals surface area contributed by atoms with E-state index in [1.807, 2.05) is 19.1 Å². The first kappa shape index (κ1) is 19.5. The van der Waals surface area contributed by atoms with Gasteiger partial charge in [0.05, 0.1) is 19.1 Å². The number of amides is 1. The van der Waals surface area contributed by atoms with Gasteiger partial charge in [-0.05, 0) is 43.3 Å². The van der Waals surface area contributed by atoms with E-state index in [-0.39, 0.29) is 11.4 Å². The molecule has 0 aliphatic rings. The summed E-state index contributed by atoms with van der Waals surface area (Å²) >= 11 is 0. The number of methoxy groups -OCH3 is 1. The van der Waals surface area contributed by atoms with E-state index in [0.717, 1.165) is 23.4 Å². The zero-order chi connectivity index (χ0) is 19.3. The Morgan fingerprint density at radius 2 is 1.92 bits per heavy atom. The van der Waals surface area contributed by atoms with Gasteiger partial charge in [-0.2, -0.15) is 0 Å². The van der Waals surface area contributed by atoms with Crippen molar-refractivity contribution in [2.75, 3.05) is 23.4 Å². The Hall–Kier alpha value is -2.87. The van der Waals surface area contributed by atoms with Gasteiger partial charge in [0.25, 0.3) is 0 Å². The third-order valence-corrected chi connectivity index (χ3v) is 3.92. The molecule has 0 spiro atoms. The third kappa shape index (κ3) is 5.59. The molecule has 6 nitrogen and oxygen atoms in total. The van der Waals surface area contributed by atoms with E-state index in [4.69, 9.17) is 4.74 Å². The molecule has 0 saturated carbocycles. The number of hydrogen-bond donors (Lipinski definition) is 2. The molecule has 2 aromatic carbocycles. The van der Waals surface area contributed by atoms with Crippen LogP contribution in [0.4, 0.5) is 15.8 Å². The molecular formula is C18H19FN2O4S. The van der Waals surface area contributed by atoms with Crippen LogP contribution in [0.15, 0.2) is 42.5 Å². The molecule has 0 saturated heterocycles. The Labute approximate surface area is 151 Å². The summed E-state index contributed by atoms with van der Waals surface area (Å²) in [6.45, 7) is 1.92. The fourth-order valence-electron chi connectivity index (χ4n) is 2.21. The molecule has 0 bridgehead atoms. The van der Waals surface area contributed by atoms with Gasteiger partial charge in [-0.1, -0.05) is 11.6 Å². The molecule has 2 rings (SSSR count). The van der Waals surface area contributed by atoms with Crippen LogP contribution in [-0.2, 0) is 14.8 Å². The fourth-order valence-corrected chi connectivity index (χ4v) is 2.77. The molecule has 0 aliphatic carbocycles. The maximum atomic E-state index is 13.7. The Morgan fingerprint density at radius 3 is 2.58 bits per heavy atom. The minimum Gasteiger partial charge on any atom is -0.496 e. The number of benzene rings is 2. The van der Waals surface area contributed by atoms with Gasteiger partial charge in [0.2, 0.25) is 15.9 Å². The maximum absolute atomic E-state index is 13.7. The molecule has 26 heavy (non-hydrogen) atoms. The lowest BCUT2D eigenvalue weighted by Gasteiger charge is -2.09. The molecule has 2 aromatic rings. The van der Waals surface area contributed by atoms with Gasteiger partial charge in [0.15, 0.2) is 0 Å². The number of aryl methyl sites for hydroxylation is 1. The van der Waals surface area contributed by atoms with Crippen molar-refractivity contribution in [3.05, 3.63) is 59.4 Å². The quantitative estimate of drug-likeness (QED) is 0.756. The zero-order valence-corrected chi connectivity index (χ0v) is 15.4. The van der Waals surface area contributed by atoms with E-state index in [2.05, 4.69) is 10.0 Å². The van der Waals surface area contributed by atoms with Crippen LogP contribution < -0.4 is 14.8 Å². The highest BCUT2D eigenvalue weighted by Crippen LogP contribution is 2.22. The number of carbonyl (C=O) groups excluding carboxylic acids is 1. The second-order valence-electron chi connectivity index (χ2n) is 5.64. The smallest absolute Gasteiger partial charge is 0.248 e. The Balaban J connectivity index is 2.15. The van der Waals surface area contributed by atoms with E-state index >= 15 is 0 Å². The molecule has 8 heteroatoms. The van der Waals surface area contributed by atoms with Crippen LogP contribution in [0, 0.1) is 12.7 Å². The zero-order valence-electron chi connectivity index (χ0n) is 14.5. The van der Waals surface area contributed by atoms with Crippen LogP contribution in [0.5, 0.6) is 5.75 Å². The summed E-state index contributed by atoms with van der Waals surface area (Å²) in [5, 5.41) is 2.55. The van der Waals surface area contributed by atoms with Gasteiger partial charge in [-0.15, -0.1) is 0 Å². The second-order valence-corrected chi connectivity index (χ2v) is 7.39. The third-order valence-electron chi connectivity index (χ3n) is 3.33. The van der Waals surface area contributed by atoms with Gasteiger partial charge in [0, 0.05) is 17.3 Å². The topological polar surface area (TPSA) is 84.5 Å². The highest BCUT2D eigenvalue weighted by Gasteiger charge is 2.09. The van der Waals surface area contributed by atoms with Crippen LogP contribution in [0.2, 0.25) is 0 Å². The van der Waals surface area contributed by atoms with Crippen LogP contribution in [-0.4, -0.2) is 27.7 Å². The number of ether oxygens (including phenoxy) is 1. The minimum atomic E-state index is -3.63. The van der Waals surface area contributed by atoms with E-state index in [0.29, 0.717) is 5.75 Å². The standard InChI is InChI=1S/C18H19FN2O4S/c1-12-4-8-17(25-2)13(10-12)5-9-18(22)20-14-6-7-15(19)16(11-14)21-26(3,23)24/h4-11,21H,1-3H3,(H,20,22)/b9-5+. The van der Waals surface area contributed by atoms with Crippen molar-refractivity contribution in [2.24, 2.45) is 0 Å². The largest absolute Gasteiger partial charge is 0.496 e. The second kappa shape index (κ2) is 8.01. The number of rotatable bonds is 6. The predicted octanol–water partition coefficient (Wildman–Crippen LogP) is 3.17. The average molecular weight is 378 g/mol. The van der Waals surface area contributed by atoms with Crippen LogP contribution in [0.3, 0.4) is 0 Å². The maximum Gasteiger partial charge on any atom is 0.248 e. The molecule has 0 aromatic heterocycles. The number of nitrogens with one attached hydrogen (secondary N) is 2. The summed E-state index contributed by atoms with van der Waals surface area (Å²) in [4.78, 5) is 12.1. The summed E-state index contributed by atoms with van der Waals surface area (Å²) in [7, 11) is -2.09. The normalized spacial score (nSPS) is 11.4. The molecule has 2 N–H and O–H groups in total. The lowest BCUT2D eigenvalue weighted by Crippen LogP contribution is -2.12. The monoisotopic (exact) mass is 378 g/mol. The van der Waals surface area contributed by atoms with Gasteiger partial charge < -0.3 is 10.1 Å². The molecule has 1 amide bonds. The molecule has 0 unspecified atom stereocenters. The molecule has 0 atom stereocenters. The predicted molar refractivity (Wildman–Crippen MR) is 100 cm³/mol. The first-order chi connectivity index (χ1) is 12.2. The highest BCUT2D eigenvalue weighted by atomic mass is 32.2. The summed E-state index contributed by atoms with van der Waals surface area (Å²) in [6.07, 6.45) is 3.82. The Kier molecular flexibility index (Phi) is 5.99. The van der Waals surface area contributed by atoms with Gasteiger partial charge in [-0.25, -0.2) is 12.8 Å². The van der Waals surface area contributed by atoms with Crippen molar-refractivity contribution in [2.45, 2.75) is 6.92 Å². The van der Waals surface area contributed by atoms with E-state index in [9.17, 15) is 17.6 Å². The van der Waals surface area contributed by atoms with Crippen molar-refractivity contribution in [3.8, 4) is 5.75 Å². The van der Waals surface area contributed by atoms with E-state index in [1.54, 1.807) is 12.1 Å². The number of hydrogen-bond acceptors (Lipinski definition) is 4. The SMILES string of the molecule is COc1ccc(C)cc1/C=C/C(=O)Nc1ccc(F)c(NS(C)(=O)=O)c1. The molecule has 0 fully saturated rings. The fraction of sp³-hybridized carbons (Fsp3) is 0.167. The van der Waals surface area contributed by atoms with Crippen LogP contribution in [0.25, 0.3) is 6.08 Å². The van der Waals surface area contributed by atoms with Gasteiger partial charge in [0.1, 0.15) is 11.6 Å². The first-order valence-electron chi connectivity index (χ1n) is 7.59. The number of halogens is 1. The summed E-state index contributed by atoms with van der Waals surface area (Å²) < 4.78 is 43.4. The highest BCUT2D eigenvalue weighted by molar-refractivity contribution is 7.92. The van der Waals surface area contributed by atoms with Crippen LogP contribution >= 0.6 is 0 Å². The Morgan fingerprint density at radius 1 is 1.19 bits per heavy atom. The van der Waals surface area contributed by atoms with Crippen LogP contribution in [0.1, 0.15) is 11.1 Å². The molecule has 0 radical (unpaired) electrons. The average Bonchev–Trinajstić information content (AvgIpc) is 2.55. The molecule has 138 valence electrons. The molecular weight excluding hydrogens is 359 g/mol. The molecule has 0 aliphatic heterocycles. The minimum absolute atomic E-state index is 0.241. The number of carbonyl (C=O) groups is 1. The summed E-state index contributed by atoms with van der Waals surface area (Å²) in [5.74, 6) is -0.569. The molecule has 0 heterocycles. The van der Waals surface area contributed by atoms with Crippen molar-refractivity contribution in [1.29, 1.82) is 0 Å². The number of anilines is 2. The van der Waals surface area contributed by atoms with E-state index < -0.39 is 21.7 Å². The summed E-state index contributed by atoms with van der Waals surface area (Å²) in [5.41, 5.74) is 1.76. The van der Waals surface area contributed by atoms with Crippen molar-refractivity contribution in [3.63, 3.8) is 0 Å².